The van der Waals surface area contributed by atoms with Crippen LogP contribution in [0.3, 0.4) is 0 Å². The Hall–Kier alpha value is -1.64. The molecule has 0 spiro atoms. The molecule has 2 heterocycles. The minimum atomic E-state index is -4.48. The molecule has 1 aliphatic heterocycles. The number of halogens is 3. The Kier molecular flexibility index (Phi) is 7.67. The van der Waals surface area contributed by atoms with Crippen molar-refractivity contribution in [1.29, 1.82) is 0 Å². The van der Waals surface area contributed by atoms with Gasteiger partial charge in [0.2, 0.25) is 5.88 Å². The average Bonchev–Trinajstić information content (AvgIpc) is 3.09. The van der Waals surface area contributed by atoms with Crippen molar-refractivity contribution in [3.8, 4) is 5.88 Å². The zero-order chi connectivity index (χ0) is 18.1. The van der Waals surface area contributed by atoms with Crippen molar-refractivity contribution in [1.82, 2.24) is 15.6 Å². The first-order valence-corrected chi connectivity index (χ1v) is 9.34. The van der Waals surface area contributed by atoms with Gasteiger partial charge in [-0.15, -0.1) is 0 Å². The van der Waals surface area contributed by atoms with Crippen LogP contribution in [0.4, 0.5) is 13.2 Å². The van der Waals surface area contributed by atoms with Gasteiger partial charge in [0.25, 0.3) is 0 Å². The van der Waals surface area contributed by atoms with E-state index >= 15 is 0 Å². The number of rotatable bonds is 7. The molecule has 0 bridgehead atoms. The minimum Gasteiger partial charge on any atom is -0.475 e. The average molecular weight is 376 g/mol. The number of aliphatic imine (C=N–C) groups is 1. The fourth-order valence-electron chi connectivity index (χ4n) is 2.36. The molecule has 1 aromatic heterocycles. The molecule has 1 unspecified atom stereocenters. The lowest BCUT2D eigenvalue weighted by molar-refractivity contribution is -0.139. The summed E-state index contributed by atoms with van der Waals surface area (Å²) in [6, 6.07) is 2.20. The van der Waals surface area contributed by atoms with E-state index in [-0.39, 0.29) is 6.61 Å². The molecule has 140 valence electrons. The van der Waals surface area contributed by atoms with Gasteiger partial charge in [0, 0.05) is 18.0 Å². The highest BCUT2D eigenvalue weighted by Crippen LogP contribution is 2.34. The highest BCUT2D eigenvalue weighted by atomic mass is 32.2. The van der Waals surface area contributed by atoms with Gasteiger partial charge in [-0.2, -0.15) is 24.9 Å². The molecule has 0 saturated carbocycles. The Morgan fingerprint density at radius 3 is 2.96 bits per heavy atom. The zero-order valence-electron chi connectivity index (χ0n) is 14.1. The molecule has 0 amide bonds. The summed E-state index contributed by atoms with van der Waals surface area (Å²) in [6.07, 6.45) is -0.792. The maximum Gasteiger partial charge on any atom is 0.421 e. The maximum atomic E-state index is 12.9. The van der Waals surface area contributed by atoms with Gasteiger partial charge in [0.15, 0.2) is 5.96 Å². The molecular weight excluding hydrogens is 353 g/mol. The van der Waals surface area contributed by atoms with Gasteiger partial charge in [0.05, 0.1) is 13.1 Å². The summed E-state index contributed by atoms with van der Waals surface area (Å²) in [7, 11) is 0. The van der Waals surface area contributed by atoms with Gasteiger partial charge in [0.1, 0.15) is 12.2 Å². The smallest absolute Gasteiger partial charge is 0.421 e. The Morgan fingerprint density at radius 2 is 2.28 bits per heavy atom. The van der Waals surface area contributed by atoms with Crippen LogP contribution in [0.1, 0.15) is 25.3 Å². The first kappa shape index (κ1) is 19.7. The van der Waals surface area contributed by atoms with Crippen LogP contribution in [0.15, 0.2) is 23.3 Å². The predicted molar refractivity (Wildman–Crippen MR) is 94.2 cm³/mol. The second kappa shape index (κ2) is 9.74. The van der Waals surface area contributed by atoms with E-state index in [2.05, 4.69) is 20.6 Å². The third-order valence-corrected chi connectivity index (χ3v) is 4.91. The highest BCUT2D eigenvalue weighted by Gasteiger charge is 2.34. The number of nitrogens with one attached hydrogen (secondary N) is 2. The molecule has 1 fully saturated rings. The quantitative estimate of drug-likeness (QED) is 0.435. The monoisotopic (exact) mass is 376 g/mol. The van der Waals surface area contributed by atoms with E-state index in [9.17, 15) is 13.2 Å². The third-order valence-electron chi connectivity index (χ3n) is 3.53. The van der Waals surface area contributed by atoms with Crippen LogP contribution in [0.5, 0.6) is 5.88 Å². The normalized spacial score (nSPS) is 18.2. The molecule has 1 aliphatic rings. The number of hydrogen-bond acceptors (Lipinski definition) is 4. The summed E-state index contributed by atoms with van der Waals surface area (Å²) < 4.78 is 43.8. The fraction of sp³-hybridized carbons (Fsp3) is 0.625. The Balaban J connectivity index is 1.81. The summed E-state index contributed by atoms with van der Waals surface area (Å²) in [6.45, 7) is 3.80. The lowest BCUT2D eigenvalue weighted by Crippen LogP contribution is -2.39. The van der Waals surface area contributed by atoms with Gasteiger partial charge >= 0.3 is 6.18 Å². The van der Waals surface area contributed by atoms with Crippen molar-refractivity contribution in [3.05, 3.63) is 23.9 Å². The summed E-state index contributed by atoms with van der Waals surface area (Å²) in [5.41, 5.74) is -0.867. The number of ether oxygens (including phenoxy) is 1. The van der Waals surface area contributed by atoms with Crippen LogP contribution >= 0.6 is 11.8 Å². The van der Waals surface area contributed by atoms with Crippen molar-refractivity contribution >= 4 is 17.7 Å². The molecule has 0 aliphatic carbocycles. The van der Waals surface area contributed by atoms with Crippen molar-refractivity contribution < 1.29 is 17.9 Å². The summed E-state index contributed by atoms with van der Waals surface area (Å²) in [5.74, 6) is 1.43. The predicted octanol–water partition coefficient (Wildman–Crippen LogP) is 2.93. The highest BCUT2D eigenvalue weighted by molar-refractivity contribution is 8.00. The number of guanidine groups is 1. The van der Waals surface area contributed by atoms with Crippen molar-refractivity contribution in [2.24, 2.45) is 4.99 Å². The van der Waals surface area contributed by atoms with Crippen LogP contribution in [-0.4, -0.2) is 48.2 Å². The maximum absolute atomic E-state index is 12.9. The molecular formula is C16H23F3N4OS. The first-order valence-electron chi connectivity index (χ1n) is 8.29. The molecule has 2 rings (SSSR count). The van der Waals surface area contributed by atoms with E-state index in [1.54, 1.807) is 0 Å². The second-order valence-electron chi connectivity index (χ2n) is 5.48. The van der Waals surface area contributed by atoms with Crippen LogP contribution in [-0.2, 0) is 6.18 Å². The van der Waals surface area contributed by atoms with Crippen molar-refractivity contribution in [2.75, 3.05) is 32.0 Å². The Labute approximate surface area is 149 Å². The number of alkyl halides is 3. The van der Waals surface area contributed by atoms with Gasteiger partial charge in [-0.1, -0.05) is 0 Å². The van der Waals surface area contributed by atoms with Gasteiger partial charge in [-0.25, -0.2) is 4.98 Å². The fourth-order valence-corrected chi connectivity index (χ4v) is 3.54. The van der Waals surface area contributed by atoms with Gasteiger partial charge in [-0.3, -0.25) is 4.99 Å². The SMILES string of the molecule is CCNC(=NCC1CCCS1)NCCOc1ncccc1C(F)(F)F. The van der Waals surface area contributed by atoms with E-state index in [1.807, 2.05) is 18.7 Å². The van der Waals surface area contributed by atoms with Gasteiger partial charge in [-0.05, 0) is 37.7 Å². The van der Waals surface area contributed by atoms with E-state index in [0.29, 0.717) is 24.3 Å². The van der Waals surface area contributed by atoms with E-state index in [1.165, 1.54) is 30.9 Å². The molecule has 1 saturated heterocycles. The Bertz CT molecular complexity index is 563. The van der Waals surface area contributed by atoms with Crippen molar-refractivity contribution in [2.45, 2.75) is 31.2 Å². The van der Waals surface area contributed by atoms with E-state index in [4.69, 9.17) is 4.74 Å². The van der Waals surface area contributed by atoms with Crippen molar-refractivity contribution in [3.63, 3.8) is 0 Å². The number of thioether (sulfide) groups is 1. The largest absolute Gasteiger partial charge is 0.475 e. The van der Waals surface area contributed by atoms with E-state index in [0.717, 1.165) is 12.6 Å². The Morgan fingerprint density at radius 1 is 1.44 bits per heavy atom. The molecule has 2 N–H and O–H groups in total. The lowest BCUT2D eigenvalue weighted by atomic mass is 10.2. The standard InChI is InChI=1S/C16H23F3N4OS/c1-2-20-15(23-11-12-5-4-10-25-12)22-8-9-24-14-13(16(17,18)19)6-3-7-21-14/h3,6-7,12H,2,4-5,8-11H2,1H3,(H2,20,22,23). The summed E-state index contributed by atoms with van der Waals surface area (Å²) >= 11 is 1.93. The zero-order valence-corrected chi connectivity index (χ0v) is 14.9. The molecule has 9 heteroatoms. The number of pyridine rings is 1. The minimum absolute atomic E-state index is 0.0582. The van der Waals surface area contributed by atoms with Gasteiger partial charge < -0.3 is 15.4 Å². The molecule has 25 heavy (non-hydrogen) atoms. The third kappa shape index (κ3) is 6.64. The lowest BCUT2D eigenvalue weighted by Gasteiger charge is -2.14. The number of aromatic nitrogens is 1. The van der Waals surface area contributed by atoms with E-state index < -0.39 is 17.6 Å². The van der Waals surface area contributed by atoms with Crippen LogP contribution in [0.2, 0.25) is 0 Å². The van der Waals surface area contributed by atoms with Crippen LogP contribution in [0, 0.1) is 0 Å². The molecule has 1 atom stereocenters. The number of hydrogen-bond donors (Lipinski definition) is 2. The summed E-state index contributed by atoms with van der Waals surface area (Å²) in [4.78, 5) is 8.19. The summed E-state index contributed by atoms with van der Waals surface area (Å²) in [5, 5.41) is 6.74. The second-order valence-corrected chi connectivity index (χ2v) is 6.89. The molecule has 1 aromatic rings. The first-order chi connectivity index (χ1) is 12.0. The van der Waals surface area contributed by atoms with Crippen LogP contribution in [0.25, 0.3) is 0 Å². The molecule has 0 radical (unpaired) electrons. The molecule has 5 nitrogen and oxygen atoms in total. The topological polar surface area (TPSA) is 58.5 Å². The van der Waals surface area contributed by atoms with Crippen LogP contribution < -0.4 is 15.4 Å². The number of nitrogens with zero attached hydrogens (tertiary/aromatic N) is 2. The molecule has 0 aromatic carbocycles.